The molecule has 0 radical (unpaired) electrons. The van der Waals surface area contributed by atoms with Crippen molar-refractivity contribution in [2.75, 3.05) is 32.1 Å². The lowest BCUT2D eigenvalue weighted by molar-refractivity contribution is 0.759. The fourth-order valence-corrected chi connectivity index (χ4v) is 1.18. The molecule has 14 heavy (non-hydrogen) atoms. The highest BCUT2D eigenvalue weighted by molar-refractivity contribution is 5.37. The molecule has 4 nitrogen and oxygen atoms in total. The van der Waals surface area contributed by atoms with Gasteiger partial charge in [0.1, 0.15) is 12.1 Å². The Morgan fingerprint density at radius 3 is 2.86 bits per heavy atom. The van der Waals surface area contributed by atoms with Gasteiger partial charge in [0.15, 0.2) is 0 Å². The Hall–Kier alpha value is -1.16. The molecule has 0 amide bonds. The minimum absolute atomic E-state index is 0.954. The highest BCUT2D eigenvalue weighted by Crippen LogP contribution is 2.08. The molecule has 0 aliphatic rings. The first-order valence-corrected chi connectivity index (χ1v) is 4.94. The predicted molar refractivity (Wildman–Crippen MR) is 58.6 cm³/mol. The van der Waals surface area contributed by atoms with Crippen LogP contribution in [0.25, 0.3) is 0 Å². The molecule has 1 aromatic rings. The topological polar surface area (TPSA) is 41.0 Å². The van der Waals surface area contributed by atoms with Crippen LogP contribution in [-0.2, 0) is 6.42 Å². The van der Waals surface area contributed by atoms with E-state index in [-0.39, 0.29) is 0 Å². The van der Waals surface area contributed by atoms with Crippen LogP contribution >= 0.6 is 0 Å². The summed E-state index contributed by atoms with van der Waals surface area (Å²) < 4.78 is 0. The van der Waals surface area contributed by atoms with E-state index in [2.05, 4.69) is 27.1 Å². The Labute approximate surface area is 85.4 Å². The maximum atomic E-state index is 4.23. The molecule has 1 rings (SSSR count). The van der Waals surface area contributed by atoms with Crippen molar-refractivity contribution < 1.29 is 0 Å². The molecule has 0 saturated carbocycles. The first-order chi connectivity index (χ1) is 6.77. The highest BCUT2D eigenvalue weighted by atomic mass is 15.2. The normalized spacial score (nSPS) is 10.2. The molecule has 0 atom stereocenters. The number of nitrogens with one attached hydrogen (secondary N) is 1. The first-order valence-electron chi connectivity index (χ1n) is 4.94. The van der Waals surface area contributed by atoms with Crippen molar-refractivity contribution in [1.82, 2.24) is 15.3 Å². The van der Waals surface area contributed by atoms with E-state index in [1.807, 2.05) is 20.2 Å². The van der Waals surface area contributed by atoms with Gasteiger partial charge in [-0.1, -0.05) is 6.92 Å². The average Bonchev–Trinajstić information content (AvgIpc) is 2.26. The van der Waals surface area contributed by atoms with Crippen molar-refractivity contribution in [2.45, 2.75) is 13.3 Å². The van der Waals surface area contributed by atoms with Crippen LogP contribution in [0, 0.1) is 0 Å². The van der Waals surface area contributed by atoms with Gasteiger partial charge in [0.05, 0.1) is 0 Å². The number of anilines is 1. The number of hydrogen-bond donors (Lipinski definition) is 1. The zero-order valence-corrected chi connectivity index (χ0v) is 9.12. The summed E-state index contributed by atoms with van der Waals surface area (Å²) in [4.78, 5) is 10.5. The van der Waals surface area contributed by atoms with Crippen molar-refractivity contribution in [3.05, 3.63) is 18.1 Å². The number of hydrogen-bond acceptors (Lipinski definition) is 4. The lowest BCUT2D eigenvalue weighted by atomic mass is 10.3. The summed E-state index contributed by atoms with van der Waals surface area (Å²) in [6.45, 7) is 4.01. The summed E-state index contributed by atoms with van der Waals surface area (Å²) >= 11 is 0. The van der Waals surface area contributed by atoms with Gasteiger partial charge >= 0.3 is 0 Å². The molecule has 0 saturated heterocycles. The molecular formula is C10H18N4. The largest absolute Gasteiger partial charge is 0.358 e. The molecule has 0 bridgehead atoms. The van der Waals surface area contributed by atoms with E-state index < -0.39 is 0 Å². The maximum absolute atomic E-state index is 4.23. The smallest absolute Gasteiger partial charge is 0.131 e. The first kappa shape index (κ1) is 10.9. The van der Waals surface area contributed by atoms with Gasteiger partial charge in [-0.15, -0.1) is 0 Å². The molecule has 0 aliphatic carbocycles. The number of likely N-dealkylation sites (N-methyl/N-ethyl adjacent to an activating group) is 2. The Morgan fingerprint density at radius 2 is 2.21 bits per heavy atom. The van der Waals surface area contributed by atoms with Gasteiger partial charge < -0.3 is 10.2 Å². The third-order valence-electron chi connectivity index (χ3n) is 2.16. The Balaban J connectivity index is 2.64. The number of aromatic nitrogens is 2. The van der Waals surface area contributed by atoms with Crippen molar-refractivity contribution in [2.24, 2.45) is 0 Å². The summed E-state index contributed by atoms with van der Waals surface area (Å²) in [7, 11) is 3.99. The van der Waals surface area contributed by atoms with E-state index in [4.69, 9.17) is 0 Å². The van der Waals surface area contributed by atoms with Crippen molar-refractivity contribution >= 4 is 5.82 Å². The molecule has 1 N–H and O–H groups in total. The van der Waals surface area contributed by atoms with E-state index in [0.29, 0.717) is 0 Å². The fourth-order valence-electron chi connectivity index (χ4n) is 1.18. The summed E-state index contributed by atoms with van der Waals surface area (Å²) in [5, 5.41) is 3.11. The van der Waals surface area contributed by atoms with E-state index in [1.54, 1.807) is 6.33 Å². The zero-order chi connectivity index (χ0) is 10.4. The minimum Gasteiger partial charge on any atom is -0.358 e. The van der Waals surface area contributed by atoms with Crippen molar-refractivity contribution in [3.63, 3.8) is 0 Å². The standard InChI is InChI=1S/C10H18N4/c1-4-9-7-10(13-8-12-9)14(3)6-5-11-2/h7-8,11H,4-6H2,1-3H3. The van der Waals surface area contributed by atoms with Crippen LogP contribution in [-0.4, -0.2) is 37.2 Å². The number of rotatable bonds is 5. The molecule has 0 fully saturated rings. The zero-order valence-electron chi connectivity index (χ0n) is 9.12. The van der Waals surface area contributed by atoms with E-state index in [1.165, 1.54) is 0 Å². The van der Waals surface area contributed by atoms with Gasteiger partial charge in [-0.2, -0.15) is 0 Å². The van der Waals surface area contributed by atoms with E-state index in [0.717, 1.165) is 31.0 Å². The van der Waals surface area contributed by atoms with Gasteiger partial charge in [0.2, 0.25) is 0 Å². The lowest BCUT2D eigenvalue weighted by Crippen LogP contribution is -2.27. The van der Waals surface area contributed by atoms with E-state index in [9.17, 15) is 0 Å². The van der Waals surface area contributed by atoms with Gasteiger partial charge in [-0.25, -0.2) is 9.97 Å². The van der Waals surface area contributed by atoms with Crippen LogP contribution in [0.4, 0.5) is 5.82 Å². The molecule has 1 aromatic heterocycles. The molecule has 0 spiro atoms. The van der Waals surface area contributed by atoms with Crippen molar-refractivity contribution in [3.8, 4) is 0 Å². The van der Waals surface area contributed by atoms with E-state index >= 15 is 0 Å². The Bertz CT molecular complexity index is 275. The molecule has 0 aliphatic heterocycles. The van der Waals surface area contributed by atoms with Gasteiger partial charge in [0, 0.05) is 31.9 Å². The Morgan fingerprint density at radius 1 is 1.43 bits per heavy atom. The second kappa shape index (κ2) is 5.54. The van der Waals surface area contributed by atoms with Crippen LogP contribution < -0.4 is 10.2 Å². The second-order valence-corrected chi connectivity index (χ2v) is 3.25. The van der Waals surface area contributed by atoms with Crippen LogP contribution in [0.2, 0.25) is 0 Å². The second-order valence-electron chi connectivity index (χ2n) is 3.25. The quantitative estimate of drug-likeness (QED) is 0.749. The maximum Gasteiger partial charge on any atom is 0.131 e. The summed E-state index contributed by atoms with van der Waals surface area (Å²) in [6, 6.07) is 2.04. The predicted octanol–water partition coefficient (Wildman–Crippen LogP) is 0.695. The number of aryl methyl sites for hydroxylation is 1. The third-order valence-corrected chi connectivity index (χ3v) is 2.16. The molecule has 78 valence electrons. The van der Waals surface area contributed by atoms with Crippen LogP contribution in [0.3, 0.4) is 0 Å². The summed E-state index contributed by atoms with van der Waals surface area (Å²) in [5.41, 5.74) is 1.09. The SMILES string of the molecule is CCc1cc(N(C)CCNC)ncn1. The third kappa shape index (κ3) is 2.96. The molecule has 0 unspecified atom stereocenters. The van der Waals surface area contributed by atoms with Gasteiger partial charge in [-0.05, 0) is 13.5 Å². The molecule has 0 aromatic carbocycles. The molecule has 1 heterocycles. The monoisotopic (exact) mass is 194 g/mol. The van der Waals surface area contributed by atoms with Crippen LogP contribution in [0.15, 0.2) is 12.4 Å². The summed E-state index contributed by atoms with van der Waals surface area (Å²) in [6.07, 6.45) is 2.58. The fraction of sp³-hybridized carbons (Fsp3) is 0.600. The molecular weight excluding hydrogens is 176 g/mol. The van der Waals surface area contributed by atoms with Crippen molar-refractivity contribution in [1.29, 1.82) is 0 Å². The minimum atomic E-state index is 0.954. The van der Waals surface area contributed by atoms with Crippen LogP contribution in [0.5, 0.6) is 0 Å². The summed E-state index contributed by atoms with van der Waals surface area (Å²) in [5.74, 6) is 0.993. The Kier molecular flexibility index (Phi) is 4.32. The average molecular weight is 194 g/mol. The van der Waals surface area contributed by atoms with Gasteiger partial charge in [0.25, 0.3) is 0 Å². The molecule has 4 heteroatoms. The van der Waals surface area contributed by atoms with Crippen LogP contribution in [0.1, 0.15) is 12.6 Å². The highest BCUT2D eigenvalue weighted by Gasteiger charge is 2.02. The lowest BCUT2D eigenvalue weighted by Gasteiger charge is -2.17. The number of nitrogens with zero attached hydrogens (tertiary/aromatic N) is 3. The van der Waals surface area contributed by atoms with Gasteiger partial charge in [-0.3, -0.25) is 0 Å².